The van der Waals surface area contributed by atoms with Crippen LogP contribution < -0.4 is 28.5 Å². The number of hydrogen-bond donors (Lipinski definition) is 0. The van der Waals surface area contributed by atoms with Crippen LogP contribution in [0.3, 0.4) is 0 Å². The second-order valence-corrected chi connectivity index (χ2v) is 4.31. The van der Waals surface area contributed by atoms with E-state index in [0.717, 1.165) is 0 Å². The molecule has 3 heteroatoms. The summed E-state index contributed by atoms with van der Waals surface area (Å²) >= 11 is 0. The zero-order valence-corrected chi connectivity index (χ0v) is 15.1. The van der Waals surface area contributed by atoms with Gasteiger partial charge in [0.15, 0.2) is 12.4 Å². The SMILES string of the molecule is C[n+]1ccc(/C=C\[C]2[CH][CH][CH][CH]2)cc1.[CH]1[CH][CH][CH][CH]1.[Fe].[I-]. The second-order valence-electron chi connectivity index (χ2n) is 4.31. The van der Waals surface area contributed by atoms with E-state index in [-0.39, 0.29) is 41.0 Å². The Labute approximate surface area is 158 Å². The molecule has 3 rings (SSSR count). The van der Waals surface area contributed by atoms with Crippen molar-refractivity contribution in [3.05, 3.63) is 99.9 Å². The molecule has 0 unspecified atom stereocenters. The van der Waals surface area contributed by atoms with Crippen LogP contribution >= 0.6 is 0 Å². The Balaban J connectivity index is 0.000000491. The molecule has 110 valence electrons. The van der Waals surface area contributed by atoms with E-state index in [1.807, 2.05) is 69.0 Å². The van der Waals surface area contributed by atoms with E-state index in [9.17, 15) is 0 Å². The van der Waals surface area contributed by atoms with Gasteiger partial charge in [-0.25, -0.2) is 4.57 Å². The minimum Gasteiger partial charge on any atom is -1.00 e. The summed E-state index contributed by atoms with van der Waals surface area (Å²) in [5, 5.41) is 0. The molecule has 0 spiro atoms. The summed E-state index contributed by atoms with van der Waals surface area (Å²) < 4.78 is 2.03. The standard InChI is InChI=1S/C13H13N.C5H5.Fe.HI/c1-14-10-8-13(9-11-14)7-6-12-4-2-3-5-12;1-2-4-5-3-1;;/h2-11H,1H3;1-5H;;1H/q+1;;;/p-1/b7-6-;;;. The summed E-state index contributed by atoms with van der Waals surface area (Å²) in [7, 11) is 2.02. The molecule has 10 radical (unpaired) electrons. The fraction of sp³-hybridized carbons (Fsp3) is 0.0556. The van der Waals surface area contributed by atoms with Gasteiger partial charge in [-0.05, 0) is 63.4 Å². The van der Waals surface area contributed by atoms with Crippen molar-refractivity contribution in [1.82, 2.24) is 0 Å². The van der Waals surface area contributed by atoms with E-state index in [0.29, 0.717) is 0 Å². The quantitative estimate of drug-likeness (QED) is 0.352. The maximum absolute atomic E-state index is 2.12. The maximum atomic E-state index is 2.12. The van der Waals surface area contributed by atoms with Crippen molar-refractivity contribution in [2.24, 2.45) is 7.05 Å². The molecule has 21 heavy (non-hydrogen) atoms. The van der Waals surface area contributed by atoms with Crippen molar-refractivity contribution in [1.29, 1.82) is 0 Å². The largest absolute Gasteiger partial charge is 1.00 e. The van der Waals surface area contributed by atoms with Gasteiger partial charge < -0.3 is 24.0 Å². The summed E-state index contributed by atoms with van der Waals surface area (Å²) in [6, 6.07) is 4.19. The van der Waals surface area contributed by atoms with Gasteiger partial charge in [-0.3, -0.25) is 0 Å². The molecule has 0 atom stereocenters. The summed E-state index contributed by atoms with van der Waals surface area (Å²) in [4.78, 5) is 0. The van der Waals surface area contributed by atoms with Crippen molar-refractivity contribution in [3.8, 4) is 0 Å². The van der Waals surface area contributed by atoms with Crippen LogP contribution in [0.5, 0.6) is 0 Å². The minimum absolute atomic E-state index is 0. The predicted molar refractivity (Wildman–Crippen MR) is 78.6 cm³/mol. The molecular weight excluding hydrogens is 413 g/mol. The van der Waals surface area contributed by atoms with Crippen LogP contribution in [-0.4, -0.2) is 0 Å². The molecule has 0 N–H and O–H groups in total. The Kier molecular flexibility index (Phi) is 12.7. The molecular formula is C18H18FeIN. The van der Waals surface area contributed by atoms with Crippen LogP contribution in [-0.2, 0) is 24.1 Å². The molecule has 2 aliphatic carbocycles. The number of aryl methyl sites for hydroxylation is 1. The Hall–Kier alpha value is 0.139. The fourth-order valence-corrected chi connectivity index (χ4v) is 1.64. The maximum Gasteiger partial charge on any atom is 0.169 e. The molecule has 2 fully saturated rings. The van der Waals surface area contributed by atoms with Crippen molar-refractivity contribution in [2.75, 3.05) is 0 Å². The van der Waals surface area contributed by atoms with E-state index in [1.54, 1.807) is 0 Å². The Morgan fingerprint density at radius 2 is 1.24 bits per heavy atom. The normalized spacial score (nSPS) is 17.8. The van der Waals surface area contributed by atoms with E-state index < -0.39 is 0 Å². The number of pyridine rings is 1. The van der Waals surface area contributed by atoms with Crippen LogP contribution in [0, 0.1) is 63.7 Å². The van der Waals surface area contributed by atoms with Gasteiger partial charge in [0.1, 0.15) is 7.05 Å². The zero-order chi connectivity index (χ0) is 13.3. The van der Waals surface area contributed by atoms with Gasteiger partial charge in [0.2, 0.25) is 0 Å². The van der Waals surface area contributed by atoms with Gasteiger partial charge in [0, 0.05) is 35.1 Å². The van der Waals surface area contributed by atoms with Gasteiger partial charge >= 0.3 is 0 Å². The first kappa shape index (κ1) is 21.1. The number of nitrogens with zero attached hydrogens (tertiary/aromatic N) is 1. The van der Waals surface area contributed by atoms with Crippen LogP contribution in [0.15, 0.2) is 30.6 Å². The summed E-state index contributed by atoms with van der Waals surface area (Å²) in [5.74, 6) is 1.25. The minimum atomic E-state index is 0. The monoisotopic (exact) mass is 431 g/mol. The molecule has 0 saturated heterocycles. The van der Waals surface area contributed by atoms with E-state index in [4.69, 9.17) is 0 Å². The van der Waals surface area contributed by atoms with Gasteiger partial charge in [-0.1, -0.05) is 12.2 Å². The van der Waals surface area contributed by atoms with Gasteiger partial charge in [0.05, 0.1) is 0 Å². The molecule has 1 aromatic rings. The van der Waals surface area contributed by atoms with Gasteiger partial charge in [0.25, 0.3) is 0 Å². The zero-order valence-electron chi connectivity index (χ0n) is 11.8. The van der Waals surface area contributed by atoms with Crippen LogP contribution in [0.4, 0.5) is 0 Å². The average Bonchev–Trinajstić information content (AvgIpc) is 3.14. The molecule has 1 heterocycles. The van der Waals surface area contributed by atoms with Crippen LogP contribution in [0.25, 0.3) is 6.08 Å². The predicted octanol–water partition coefficient (Wildman–Crippen LogP) is -0.0475. The number of halogens is 1. The molecule has 0 aromatic carbocycles. The molecule has 0 aliphatic heterocycles. The Bertz CT molecular complexity index is 371. The fourth-order valence-electron chi connectivity index (χ4n) is 1.64. The first-order valence-electron chi connectivity index (χ1n) is 6.36. The first-order chi connectivity index (χ1) is 9.34. The van der Waals surface area contributed by atoms with Crippen molar-refractivity contribution in [2.45, 2.75) is 0 Å². The molecule has 1 nitrogen and oxygen atoms in total. The Morgan fingerprint density at radius 3 is 1.71 bits per heavy atom. The molecule has 0 amide bonds. The molecule has 1 aromatic heterocycles. The third kappa shape index (κ3) is 9.00. The van der Waals surface area contributed by atoms with Crippen LogP contribution in [0.2, 0.25) is 0 Å². The number of allylic oxidation sites excluding steroid dienone is 1. The third-order valence-corrected chi connectivity index (χ3v) is 2.72. The van der Waals surface area contributed by atoms with E-state index in [1.165, 1.54) is 11.5 Å². The molecule has 2 saturated carbocycles. The van der Waals surface area contributed by atoms with Crippen LogP contribution in [0.1, 0.15) is 5.56 Å². The number of aromatic nitrogens is 1. The summed E-state index contributed by atoms with van der Waals surface area (Å²) in [6.07, 6.45) is 26.6. The number of rotatable bonds is 2. The third-order valence-electron chi connectivity index (χ3n) is 2.72. The number of hydrogen-bond acceptors (Lipinski definition) is 0. The molecule has 0 bridgehead atoms. The first-order valence-corrected chi connectivity index (χ1v) is 6.36. The van der Waals surface area contributed by atoms with E-state index in [2.05, 4.69) is 37.1 Å². The van der Waals surface area contributed by atoms with Gasteiger partial charge in [-0.15, -0.1) is 0 Å². The summed E-state index contributed by atoms with van der Waals surface area (Å²) in [6.45, 7) is 0. The van der Waals surface area contributed by atoms with Crippen molar-refractivity contribution >= 4 is 6.08 Å². The second kappa shape index (κ2) is 12.7. The van der Waals surface area contributed by atoms with Crippen molar-refractivity contribution in [3.63, 3.8) is 0 Å². The van der Waals surface area contributed by atoms with E-state index >= 15 is 0 Å². The average molecular weight is 431 g/mol. The topological polar surface area (TPSA) is 3.88 Å². The Morgan fingerprint density at radius 1 is 0.762 bits per heavy atom. The summed E-state index contributed by atoms with van der Waals surface area (Å²) in [5.41, 5.74) is 1.23. The molecule has 2 aliphatic rings. The van der Waals surface area contributed by atoms with Gasteiger partial charge in [-0.2, -0.15) is 0 Å². The van der Waals surface area contributed by atoms with Crippen molar-refractivity contribution < 1.29 is 45.6 Å². The smallest absolute Gasteiger partial charge is 0.169 e.